The minimum Gasteiger partial charge on any atom is -0.441 e. The van der Waals surface area contributed by atoms with Crippen molar-refractivity contribution in [3.8, 4) is 0 Å². The molecule has 0 spiro atoms. The van der Waals surface area contributed by atoms with E-state index in [4.69, 9.17) is 4.74 Å². The van der Waals surface area contributed by atoms with Crippen LogP contribution in [0.15, 0.2) is 52.2 Å². The molecule has 0 saturated carbocycles. The van der Waals surface area contributed by atoms with Crippen LogP contribution in [0.5, 0.6) is 0 Å². The molecule has 1 aromatic heterocycles. The van der Waals surface area contributed by atoms with E-state index >= 15 is 0 Å². The van der Waals surface area contributed by atoms with Crippen molar-refractivity contribution in [2.24, 2.45) is 0 Å². The Bertz CT molecular complexity index is 985. The van der Waals surface area contributed by atoms with Crippen LogP contribution in [0.25, 0.3) is 10.9 Å². The Morgan fingerprint density at radius 2 is 1.96 bits per heavy atom. The first kappa shape index (κ1) is 17.2. The van der Waals surface area contributed by atoms with Gasteiger partial charge in [0.25, 0.3) is 5.56 Å². The van der Waals surface area contributed by atoms with Crippen LogP contribution in [0, 0.1) is 13.8 Å². The number of fused-ring (bicyclic) bond motifs is 1. The van der Waals surface area contributed by atoms with E-state index in [1.54, 1.807) is 24.3 Å². The van der Waals surface area contributed by atoms with Gasteiger partial charge in [-0.2, -0.15) is 4.68 Å². The van der Waals surface area contributed by atoms with Crippen LogP contribution in [-0.2, 0) is 16.3 Å². The average molecular weight is 355 g/mol. The third-order valence-corrected chi connectivity index (χ3v) is 4.78. The third kappa shape index (κ3) is 4.06. The van der Waals surface area contributed by atoms with E-state index in [1.165, 1.54) is 22.9 Å². The first-order valence-corrected chi connectivity index (χ1v) is 8.71. The predicted octanol–water partition coefficient (Wildman–Crippen LogP) is 2.70. The molecule has 6 nitrogen and oxygen atoms in total. The van der Waals surface area contributed by atoms with Gasteiger partial charge in [0.1, 0.15) is 5.52 Å². The van der Waals surface area contributed by atoms with Gasteiger partial charge < -0.3 is 4.74 Å². The summed E-state index contributed by atoms with van der Waals surface area (Å²) in [5.41, 5.74) is 2.57. The molecule has 0 radical (unpaired) electrons. The topological polar surface area (TPSA) is 74.1 Å². The second kappa shape index (κ2) is 7.48. The Kier molecular flexibility index (Phi) is 5.14. The first-order chi connectivity index (χ1) is 12.0. The van der Waals surface area contributed by atoms with Crippen LogP contribution in [0.1, 0.15) is 11.1 Å². The highest BCUT2D eigenvalue weighted by molar-refractivity contribution is 8.00. The second-order valence-corrected chi connectivity index (χ2v) is 6.64. The molecule has 0 unspecified atom stereocenters. The second-order valence-electron chi connectivity index (χ2n) is 5.59. The maximum atomic E-state index is 12.3. The normalized spacial score (nSPS) is 10.8. The maximum absolute atomic E-state index is 12.3. The Labute approximate surface area is 148 Å². The van der Waals surface area contributed by atoms with Crippen molar-refractivity contribution in [2.45, 2.75) is 25.5 Å². The van der Waals surface area contributed by atoms with E-state index in [2.05, 4.69) is 10.3 Å². The lowest BCUT2D eigenvalue weighted by Crippen LogP contribution is -2.26. The molecule has 0 N–H and O–H groups in total. The number of rotatable bonds is 5. The average Bonchev–Trinajstić information content (AvgIpc) is 2.62. The molecule has 128 valence electrons. The molecule has 7 heteroatoms. The van der Waals surface area contributed by atoms with Gasteiger partial charge in [-0.1, -0.05) is 23.4 Å². The SMILES string of the molecule is Cc1ccc(SCC(=O)OCn2nnc3ccccc3c2=O)cc1C. The van der Waals surface area contributed by atoms with Crippen molar-refractivity contribution in [3.05, 3.63) is 63.9 Å². The highest BCUT2D eigenvalue weighted by atomic mass is 32.2. The molecule has 0 aliphatic heterocycles. The minimum atomic E-state index is -0.412. The molecule has 0 saturated heterocycles. The van der Waals surface area contributed by atoms with E-state index in [1.807, 2.05) is 32.0 Å². The van der Waals surface area contributed by atoms with Crippen molar-refractivity contribution >= 4 is 28.6 Å². The van der Waals surface area contributed by atoms with Crippen LogP contribution in [-0.4, -0.2) is 26.7 Å². The van der Waals surface area contributed by atoms with Gasteiger partial charge in [-0.3, -0.25) is 9.59 Å². The highest BCUT2D eigenvalue weighted by Crippen LogP contribution is 2.21. The number of ether oxygens (including phenoxy) is 1. The molecule has 0 amide bonds. The largest absolute Gasteiger partial charge is 0.441 e. The van der Waals surface area contributed by atoms with Crippen LogP contribution in [0.2, 0.25) is 0 Å². The molecular formula is C18H17N3O3S. The third-order valence-electron chi connectivity index (χ3n) is 3.81. The summed E-state index contributed by atoms with van der Waals surface area (Å²) in [4.78, 5) is 25.2. The fourth-order valence-corrected chi connectivity index (χ4v) is 3.02. The number of aryl methyl sites for hydroxylation is 2. The van der Waals surface area contributed by atoms with Crippen LogP contribution < -0.4 is 5.56 Å². The van der Waals surface area contributed by atoms with Crippen molar-refractivity contribution in [3.63, 3.8) is 0 Å². The van der Waals surface area contributed by atoms with Gasteiger partial charge in [0, 0.05) is 4.90 Å². The van der Waals surface area contributed by atoms with E-state index in [9.17, 15) is 9.59 Å². The van der Waals surface area contributed by atoms with Crippen LogP contribution >= 0.6 is 11.8 Å². The number of thioether (sulfide) groups is 1. The maximum Gasteiger partial charge on any atom is 0.318 e. The summed E-state index contributed by atoms with van der Waals surface area (Å²) < 4.78 is 6.18. The van der Waals surface area contributed by atoms with E-state index in [-0.39, 0.29) is 18.0 Å². The summed E-state index contributed by atoms with van der Waals surface area (Å²) in [7, 11) is 0. The van der Waals surface area contributed by atoms with Gasteiger partial charge in [-0.15, -0.1) is 16.9 Å². The number of nitrogens with zero attached hydrogens (tertiary/aromatic N) is 3. The molecule has 0 bridgehead atoms. The van der Waals surface area contributed by atoms with Gasteiger partial charge in [0.2, 0.25) is 0 Å². The van der Waals surface area contributed by atoms with Crippen molar-refractivity contribution in [2.75, 3.05) is 5.75 Å². The number of hydrogen-bond donors (Lipinski definition) is 0. The van der Waals surface area contributed by atoms with Crippen LogP contribution in [0.4, 0.5) is 0 Å². The van der Waals surface area contributed by atoms with Gasteiger partial charge >= 0.3 is 5.97 Å². The summed E-state index contributed by atoms with van der Waals surface area (Å²) in [6, 6.07) is 12.9. The standard InChI is InChI=1S/C18H17N3O3S/c1-12-7-8-14(9-13(12)2)25-10-17(22)24-11-21-18(23)15-5-3-4-6-16(15)19-20-21/h3-9H,10-11H2,1-2H3. The lowest BCUT2D eigenvalue weighted by molar-refractivity contribution is -0.144. The lowest BCUT2D eigenvalue weighted by atomic mass is 10.1. The van der Waals surface area contributed by atoms with Crippen molar-refractivity contribution < 1.29 is 9.53 Å². The van der Waals surface area contributed by atoms with Gasteiger partial charge in [0.15, 0.2) is 6.73 Å². The Balaban J connectivity index is 1.60. The zero-order chi connectivity index (χ0) is 17.8. The summed E-state index contributed by atoms with van der Waals surface area (Å²) >= 11 is 1.40. The molecule has 2 aromatic carbocycles. The number of esters is 1. The fraction of sp³-hybridized carbons (Fsp3) is 0.222. The van der Waals surface area contributed by atoms with E-state index < -0.39 is 5.97 Å². The molecule has 0 atom stereocenters. The Morgan fingerprint density at radius 1 is 1.16 bits per heavy atom. The highest BCUT2D eigenvalue weighted by Gasteiger charge is 2.09. The monoisotopic (exact) mass is 355 g/mol. The van der Waals surface area contributed by atoms with Gasteiger partial charge in [-0.05, 0) is 49.2 Å². The smallest absolute Gasteiger partial charge is 0.318 e. The lowest BCUT2D eigenvalue weighted by Gasteiger charge is -2.07. The number of carbonyl (C=O) groups is 1. The fourth-order valence-electron chi connectivity index (χ4n) is 2.23. The molecule has 3 rings (SSSR count). The molecule has 0 fully saturated rings. The van der Waals surface area contributed by atoms with Gasteiger partial charge in [0.05, 0.1) is 11.1 Å². The minimum absolute atomic E-state index is 0.165. The summed E-state index contributed by atoms with van der Waals surface area (Å²) in [6.45, 7) is 3.83. The number of carbonyl (C=O) groups excluding carboxylic acids is 1. The van der Waals surface area contributed by atoms with Gasteiger partial charge in [-0.25, -0.2) is 0 Å². The molecule has 3 aromatic rings. The quantitative estimate of drug-likeness (QED) is 0.517. The van der Waals surface area contributed by atoms with Crippen molar-refractivity contribution in [1.82, 2.24) is 15.0 Å². The molecule has 0 aliphatic rings. The molecule has 25 heavy (non-hydrogen) atoms. The molecule has 1 heterocycles. The van der Waals surface area contributed by atoms with E-state index in [0.29, 0.717) is 10.9 Å². The predicted molar refractivity (Wildman–Crippen MR) is 96.5 cm³/mol. The number of benzene rings is 2. The zero-order valence-corrected chi connectivity index (χ0v) is 14.7. The Hall–Kier alpha value is -2.67. The first-order valence-electron chi connectivity index (χ1n) is 7.73. The number of hydrogen-bond acceptors (Lipinski definition) is 6. The summed E-state index contributed by atoms with van der Waals surface area (Å²) in [5, 5.41) is 8.18. The van der Waals surface area contributed by atoms with Crippen LogP contribution in [0.3, 0.4) is 0 Å². The van der Waals surface area contributed by atoms with E-state index in [0.717, 1.165) is 9.58 Å². The molecule has 0 aliphatic carbocycles. The summed E-state index contributed by atoms with van der Waals surface area (Å²) in [6.07, 6.45) is 0. The number of aromatic nitrogens is 3. The summed E-state index contributed by atoms with van der Waals surface area (Å²) in [5.74, 6) is -0.247. The molecular weight excluding hydrogens is 338 g/mol. The van der Waals surface area contributed by atoms with Crippen molar-refractivity contribution in [1.29, 1.82) is 0 Å². The zero-order valence-electron chi connectivity index (χ0n) is 13.9. The Morgan fingerprint density at radius 3 is 2.76 bits per heavy atom.